The van der Waals surface area contributed by atoms with Crippen LogP contribution in [0.5, 0.6) is 0 Å². The number of rotatable bonds is 7. The summed E-state index contributed by atoms with van der Waals surface area (Å²) in [5.74, 6) is -0.313. The second-order valence-corrected chi connectivity index (χ2v) is 5.45. The highest BCUT2D eigenvalue weighted by Crippen LogP contribution is 2.36. The van der Waals surface area contributed by atoms with E-state index in [9.17, 15) is 9.90 Å². The van der Waals surface area contributed by atoms with Crippen molar-refractivity contribution in [3.63, 3.8) is 0 Å². The Morgan fingerprint density at radius 2 is 2.15 bits per heavy atom. The van der Waals surface area contributed by atoms with Crippen molar-refractivity contribution >= 4 is 29.2 Å². The van der Waals surface area contributed by atoms with Crippen LogP contribution in [-0.4, -0.2) is 24.8 Å². The van der Waals surface area contributed by atoms with Crippen molar-refractivity contribution in [3.8, 4) is 0 Å². The summed E-state index contributed by atoms with van der Waals surface area (Å²) in [5, 5.41) is 10.7. The van der Waals surface area contributed by atoms with Crippen LogP contribution in [-0.2, 0) is 14.9 Å². The molecule has 5 heteroatoms. The standard InChI is InChI=1S/C15H18Cl2O3/c1-3-7-15(10-18,8-6-14(19)20-2)11-4-5-12(16)13(17)9-11/h3-5,9,18H,1,6-8,10H2,2H3/t15-/m0/s1. The van der Waals surface area contributed by atoms with Gasteiger partial charge in [0, 0.05) is 11.8 Å². The van der Waals surface area contributed by atoms with Crippen LogP contribution in [0.15, 0.2) is 30.9 Å². The van der Waals surface area contributed by atoms with Crippen molar-refractivity contribution in [1.29, 1.82) is 0 Å². The first-order valence-electron chi connectivity index (χ1n) is 6.23. The number of esters is 1. The number of carbonyl (C=O) groups is 1. The van der Waals surface area contributed by atoms with Crippen LogP contribution in [0.2, 0.25) is 10.0 Å². The summed E-state index contributed by atoms with van der Waals surface area (Å²) >= 11 is 11.9. The highest BCUT2D eigenvalue weighted by Gasteiger charge is 2.31. The van der Waals surface area contributed by atoms with Crippen molar-refractivity contribution in [3.05, 3.63) is 46.5 Å². The molecule has 0 aliphatic rings. The minimum atomic E-state index is -0.607. The molecule has 3 nitrogen and oxygen atoms in total. The smallest absolute Gasteiger partial charge is 0.305 e. The molecule has 0 heterocycles. The van der Waals surface area contributed by atoms with Gasteiger partial charge in [-0.3, -0.25) is 4.79 Å². The number of benzene rings is 1. The Labute approximate surface area is 129 Å². The van der Waals surface area contributed by atoms with Gasteiger partial charge in [0.1, 0.15) is 0 Å². The van der Waals surface area contributed by atoms with Gasteiger partial charge in [0.05, 0.1) is 23.8 Å². The topological polar surface area (TPSA) is 46.5 Å². The van der Waals surface area contributed by atoms with Crippen molar-refractivity contribution in [2.75, 3.05) is 13.7 Å². The Kier molecular flexibility index (Phi) is 6.53. The molecule has 0 aromatic heterocycles. The minimum absolute atomic E-state index is 0.117. The zero-order valence-corrected chi connectivity index (χ0v) is 12.9. The second kappa shape index (κ2) is 7.67. The molecule has 0 radical (unpaired) electrons. The van der Waals surface area contributed by atoms with Crippen LogP contribution in [0, 0.1) is 0 Å². The molecule has 0 amide bonds. The molecule has 1 aromatic rings. The zero-order chi connectivity index (χ0) is 15.2. The van der Waals surface area contributed by atoms with Crippen LogP contribution in [0.25, 0.3) is 0 Å². The number of ether oxygens (including phenoxy) is 1. The Morgan fingerprint density at radius 1 is 1.45 bits per heavy atom. The number of hydrogen-bond donors (Lipinski definition) is 1. The lowest BCUT2D eigenvalue weighted by atomic mass is 9.74. The average Bonchev–Trinajstić information content (AvgIpc) is 2.46. The van der Waals surface area contributed by atoms with Gasteiger partial charge in [-0.2, -0.15) is 0 Å². The largest absolute Gasteiger partial charge is 0.469 e. The van der Waals surface area contributed by atoms with E-state index < -0.39 is 5.41 Å². The molecule has 0 spiro atoms. The van der Waals surface area contributed by atoms with Gasteiger partial charge < -0.3 is 9.84 Å². The van der Waals surface area contributed by atoms with Crippen LogP contribution >= 0.6 is 23.2 Å². The number of carbonyl (C=O) groups excluding carboxylic acids is 1. The van der Waals surface area contributed by atoms with Gasteiger partial charge >= 0.3 is 5.97 Å². The zero-order valence-electron chi connectivity index (χ0n) is 11.4. The summed E-state index contributed by atoms with van der Waals surface area (Å²) in [6.07, 6.45) is 2.90. The van der Waals surface area contributed by atoms with Gasteiger partial charge in [-0.1, -0.05) is 35.3 Å². The molecule has 1 aromatic carbocycles. The number of hydrogen-bond acceptors (Lipinski definition) is 3. The maximum absolute atomic E-state index is 11.4. The molecule has 1 rings (SSSR count). The monoisotopic (exact) mass is 316 g/mol. The third-order valence-corrected chi connectivity index (χ3v) is 4.14. The number of aliphatic hydroxyl groups excluding tert-OH is 1. The molecule has 0 aliphatic carbocycles. The van der Waals surface area contributed by atoms with Gasteiger partial charge in [-0.15, -0.1) is 6.58 Å². The number of halogens is 2. The van der Waals surface area contributed by atoms with E-state index in [-0.39, 0.29) is 19.0 Å². The first-order chi connectivity index (χ1) is 9.49. The van der Waals surface area contributed by atoms with E-state index in [2.05, 4.69) is 11.3 Å². The summed E-state index contributed by atoms with van der Waals surface area (Å²) in [6, 6.07) is 5.22. The molecule has 110 valence electrons. The molecular formula is C15H18Cl2O3. The van der Waals surface area contributed by atoms with E-state index in [0.717, 1.165) is 5.56 Å². The molecule has 0 bridgehead atoms. The van der Waals surface area contributed by atoms with Crippen molar-refractivity contribution in [2.45, 2.75) is 24.7 Å². The Bertz CT molecular complexity index is 488. The highest BCUT2D eigenvalue weighted by molar-refractivity contribution is 6.42. The predicted molar refractivity (Wildman–Crippen MR) is 81.3 cm³/mol. The van der Waals surface area contributed by atoms with Crippen molar-refractivity contribution < 1.29 is 14.6 Å². The van der Waals surface area contributed by atoms with E-state index >= 15 is 0 Å². The SMILES string of the molecule is C=CC[C@@](CO)(CCC(=O)OC)c1ccc(Cl)c(Cl)c1. The number of methoxy groups -OCH3 is 1. The molecule has 0 fully saturated rings. The summed E-state index contributed by atoms with van der Waals surface area (Å²) in [4.78, 5) is 11.4. The quantitative estimate of drug-likeness (QED) is 0.615. The average molecular weight is 317 g/mol. The summed E-state index contributed by atoms with van der Waals surface area (Å²) in [6.45, 7) is 3.60. The first-order valence-corrected chi connectivity index (χ1v) is 6.99. The molecule has 20 heavy (non-hydrogen) atoms. The lowest BCUT2D eigenvalue weighted by molar-refractivity contribution is -0.141. The van der Waals surface area contributed by atoms with Gasteiger partial charge in [-0.05, 0) is 30.5 Å². The lowest BCUT2D eigenvalue weighted by Crippen LogP contribution is -2.31. The van der Waals surface area contributed by atoms with E-state index in [1.807, 2.05) is 6.07 Å². The number of allylic oxidation sites excluding steroid dienone is 1. The molecule has 0 saturated carbocycles. The summed E-state index contributed by atoms with van der Waals surface area (Å²) in [7, 11) is 1.34. The molecular weight excluding hydrogens is 299 g/mol. The maximum Gasteiger partial charge on any atom is 0.305 e. The van der Waals surface area contributed by atoms with Crippen LogP contribution < -0.4 is 0 Å². The fourth-order valence-electron chi connectivity index (χ4n) is 2.14. The lowest BCUT2D eigenvalue weighted by Gasteiger charge is -2.31. The molecule has 0 unspecified atom stereocenters. The Morgan fingerprint density at radius 3 is 2.65 bits per heavy atom. The third kappa shape index (κ3) is 3.98. The van der Waals surface area contributed by atoms with Gasteiger partial charge in [0.25, 0.3) is 0 Å². The van der Waals surface area contributed by atoms with Gasteiger partial charge in [-0.25, -0.2) is 0 Å². The van der Waals surface area contributed by atoms with Crippen LogP contribution in [0.4, 0.5) is 0 Å². The van der Waals surface area contributed by atoms with Gasteiger partial charge in [0.2, 0.25) is 0 Å². The molecule has 0 saturated heterocycles. The highest BCUT2D eigenvalue weighted by atomic mass is 35.5. The van der Waals surface area contributed by atoms with E-state index in [4.69, 9.17) is 23.2 Å². The molecule has 0 aliphatic heterocycles. The minimum Gasteiger partial charge on any atom is -0.469 e. The molecule has 1 atom stereocenters. The Balaban J connectivity index is 3.11. The van der Waals surface area contributed by atoms with Crippen molar-refractivity contribution in [1.82, 2.24) is 0 Å². The fourth-order valence-corrected chi connectivity index (χ4v) is 2.44. The van der Waals surface area contributed by atoms with Crippen molar-refractivity contribution in [2.24, 2.45) is 0 Å². The summed E-state index contributed by atoms with van der Waals surface area (Å²) in [5.41, 5.74) is 0.225. The molecule has 1 N–H and O–H groups in total. The first kappa shape index (κ1) is 17.0. The summed E-state index contributed by atoms with van der Waals surface area (Å²) < 4.78 is 4.65. The number of aliphatic hydroxyl groups is 1. The Hall–Kier alpha value is -1.03. The van der Waals surface area contributed by atoms with Crippen LogP contribution in [0.1, 0.15) is 24.8 Å². The second-order valence-electron chi connectivity index (χ2n) is 4.64. The normalized spacial score (nSPS) is 13.6. The fraction of sp³-hybridized carbons (Fsp3) is 0.400. The van der Waals surface area contributed by atoms with E-state index in [0.29, 0.717) is 22.9 Å². The van der Waals surface area contributed by atoms with Gasteiger partial charge in [0.15, 0.2) is 0 Å². The van der Waals surface area contributed by atoms with Crippen LogP contribution in [0.3, 0.4) is 0 Å². The van der Waals surface area contributed by atoms with E-state index in [1.54, 1.807) is 18.2 Å². The van der Waals surface area contributed by atoms with E-state index in [1.165, 1.54) is 7.11 Å². The third-order valence-electron chi connectivity index (χ3n) is 3.41. The maximum atomic E-state index is 11.4. The predicted octanol–water partition coefficient (Wildman–Crippen LogP) is 3.75.